The Morgan fingerprint density at radius 1 is 0.970 bits per heavy atom. The monoisotopic (exact) mass is 469 g/mol. The maximum atomic E-state index is 13.1. The minimum Gasteiger partial charge on any atom is -0.396 e. The average molecular weight is 470 g/mol. The quantitative estimate of drug-likeness (QED) is 0.486. The van der Waals surface area contributed by atoms with Gasteiger partial charge in [-0.2, -0.15) is 8.42 Å². The molecule has 0 amide bonds. The van der Waals surface area contributed by atoms with Gasteiger partial charge in [-0.25, -0.2) is 4.39 Å². The summed E-state index contributed by atoms with van der Waals surface area (Å²) in [5.74, 6) is -0.223. The van der Waals surface area contributed by atoms with Gasteiger partial charge in [0.25, 0.3) is 10.1 Å². The van der Waals surface area contributed by atoms with Gasteiger partial charge in [0, 0.05) is 18.5 Å². The molecule has 0 fully saturated rings. The van der Waals surface area contributed by atoms with Gasteiger partial charge >= 0.3 is 0 Å². The molecule has 3 aromatic rings. The summed E-state index contributed by atoms with van der Waals surface area (Å²) in [7, 11) is -4.02. The number of hydrogen-bond donors (Lipinski definition) is 3. The topological polar surface area (TPSA) is 86.6 Å². The van der Waals surface area contributed by atoms with Crippen molar-refractivity contribution in [1.29, 1.82) is 0 Å². The minimum absolute atomic E-state index is 0.0133. The number of aliphatic hydroxyl groups is 1. The van der Waals surface area contributed by atoms with E-state index in [9.17, 15) is 17.9 Å². The van der Waals surface area contributed by atoms with E-state index < -0.39 is 10.1 Å². The Balaban J connectivity index is 0.000000235. The Morgan fingerprint density at radius 2 is 1.61 bits per heavy atom. The molecule has 0 aromatic heterocycles. The van der Waals surface area contributed by atoms with Crippen molar-refractivity contribution in [2.75, 3.05) is 13.2 Å². The molecule has 3 aromatic carbocycles. The number of rotatable bonds is 5. The molecule has 174 valence electrons. The third kappa shape index (κ3) is 7.07. The van der Waals surface area contributed by atoms with Crippen molar-refractivity contribution < 1.29 is 22.5 Å². The third-order valence-electron chi connectivity index (χ3n) is 5.58. The van der Waals surface area contributed by atoms with Crippen molar-refractivity contribution in [2.24, 2.45) is 5.92 Å². The molecule has 1 aliphatic heterocycles. The molecule has 0 radical (unpaired) electrons. The first-order valence-corrected chi connectivity index (χ1v) is 12.1. The Hall–Kier alpha value is -2.84. The lowest BCUT2D eigenvalue weighted by Gasteiger charge is -2.33. The number of nitrogens with one attached hydrogen (secondary N) is 1. The van der Waals surface area contributed by atoms with E-state index in [1.54, 1.807) is 24.3 Å². The normalized spacial score (nSPS) is 18.1. The maximum Gasteiger partial charge on any atom is 0.294 e. The van der Waals surface area contributed by atoms with Gasteiger partial charge in [0.15, 0.2) is 0 Å². The van der Waals surface area contributed by atoms with Crippen LogP contribution in [-0.2, 0) is 16.5 Å². The predicted molar refractivity (Wildman–Crippen MR) is 128 cm³/mol. The number of benzene rings is 3. The molecule has 33 heavy (non-hydrogen) atoms. The van der Waals surface area contributed by atoms with E-state index in [1.165, 1.54) is 29.8 Å². The summed E-state index contributed by atoms with van der Waals surface area (Å²) < 4.78 is 42.7. The fourth-order valence-corrected chi connectivity index (χ4v) is 4.30. The molecule has 0 spiro atoms. The molecule has 3 N–H and O–H groups in total. The number of hydrogen-bond acceptors (Lipinski definition) is 4. The molecule has 7 heteroatoms. The van der Waals surface area contributed by atoms with Crippen molar-refractivity contribution in [3.63, 3.8) is 0 Å². The minimum atomic E-state index is -4.02. The van der Waals surface area contributed by atoms with Crippen LogP contribution in [0.1, 0.15) is 16.7 Å². The highest BCUT2D eigenvalue weighted by Crippen LogP contribution is 2.30. The zero-order chi connectivity index (χ0) is 23.8. The first-order chi connectivity index (χ1) is 15.8. The fourth-order valence-electron chi connectivity index (χ4n) is 3.82. The Morgan fingerprint density at radius 3 is 2.18 bits per heavy atom. The molecule has 2 atom stereocenters. The van der Waals surface area contributed by atoms with Crippen molar-refractivity contribution in [1.82, 2.24) is 5.32 Å². The van der Waals surface area contributed by atoms with Gasteiger partial charge in [0.2, 0.25) is 0 Å². The van der Waals surface area contributed by atoms with Gasteiger partial charge in [-0.1, -0.05) is 66.2 Å². The first-order valence-electron chi connectivity index (χ1n) is 10.7. The van der Waals surface area contributed by atoms with Gasteiger partial charge in [0.1, 0.15) is 5.82 Å². The summed E-state index contributed by atoms with van der Waals surface area (Å²) in [6.45, 7) is 2.68. The van der Waals surface area contributed by atoms with Crippen molar-refractivity contribution in [3.8, 4) is 0 Å². The average Bonchev–Trinajstić information content (AvgIpc) is 2.80. The number of aryl methyl sites for hydroxylation is 1. The van der Waals surface area contributed by atoms with Gasteiger partial charge in [-0.3, -0.25) is 4.55 Å². The summed E-state index contributed by atoms with van der Waals surface area (Å²) in [6.07, 6.45) is 2.96. The van der Waals surface area contributed by atoms with Crippen LogP contribution in [0.4, 0.5) is 4.39 Å². The van der Waals surface area contributed by atoms with E-state index in [1.807, 2.05) is 25.1 Å². The van der Waals surface area contributed by atoms with Crippen molar-refractivity contribution in [3.05, 3.63) is 107 Å². The lowest BCUT2D eigenvalue weighted by atomic mass is 9.82. The highest BCUT2D eigenvalue weighted by molar-refractivity contribution is 7.85. The SMILES string of the molecule is Cc1ccc(S(=O)(=O)O)cc1.OCC1C(c2ccc(F)cc2)=CCNC1Cc1ccccc1. The standard InChI is InChI=1S/C19H20FNO.C7H8O3S/c20-16-8-6-15(7-9-16)17-10-11-21-19(18(17)13-22)12-14-4-2-1-3-5-14;1-6-2-4-7(5-3-6)11(8,9)10/h1-10,18-19,21-22H,11-13H2;2-5H,1H3,(H,8,9,10). The lowest BCUT2D eigenvalue weighted by molar-refractivity contribution is 0.222. The smallest absolute Gasteiger partial charge is 0.294 e. The largest absolute Gasteiger partial charge is 0.396 e. The van der Waals surface area contributed by atoms with E-state index in [-0.39, 0.29) is 29.3 Å². The van der Waals surface area contributed by atoms with Crippen LogP contribution in [0.2, 0.25) is 0 Å². The molecule has 1 heterocycles. The van der Waals surface area contributed by atoms with Crippen molar-refractivity contribution >= 4 is 15.7 Å². The molecule has 0 aliphatic carbocycles. The van der Waals surface area contributed by atoms with E-state index in [0.29, 0.717) is 0 Å². The van der Waals surface area contributed by atoms with Crippen LogP contribution in [-0.4, -0.2) is 37.3 Å². The molecule has 4 rings (SSSR count). The Kier molecular flexibility index (Phi) is 8.52. The van der Waals surface area contributed by atoms with Crippen LogP contribution in [0.3, 0.4) is 0 Å². The van der Waals surface area contributed by atoms with Crippen LogP contribution in [0.15, 0.2) is 89.8 Å². The van der Waals surface area contributed by atoms with E-state index in [4.69, 9.17) is 4.55 Å². The van der Waals surface area contributed by atoms with Crippen LogP contribution in [0, 0.1) is 18.7 Å². The Bertz CT molecular complexity index is 1160. The third-order valence-corrected chi connectivity index (χ3v) is 6.45. The zero-order valence-electron chi connectivity index (χ0n) is 18.4. The van der Waals surface area contributed by atoms with Crippen LogP contribution >= 0.6 is 0 Å². The lowest BCUT2D eigenvalue weighted by Crippen LogP contribution is -2.43. The second kappa shape index (κ2) is 11.3. The molecule has 0 saturated carbocycles. The molecule has 0 saturated heterocycles. The summed E-state index contributed by atoms with van der Waals surface area (Å²) in [6, 6.07) is 23.0. The molecule has 1 aliphatic rings. The first kappa shape index (κ1) is 24.8. The Labute approximate surface area is 194 Å². The summed E-state index contributed by atoms with van der Waals surface area (Å²) in [4.78, 5) is -0.0666. The van der Waals surface area contributed by atoms with E-state index in [2.05, 4.69) is 23.5 Å². The molecule has 2 unspecified atom stereocenters. The van der Waals surface area contributed by atoms with Crippen molar-refractivity contribution in [2.45, 2.75) is 24.3 Å². The zero-order valence-corrected chi connectivity index (χ0v) is 19.2. The number of halogens is 1. The molecule has 5 nitrogen and oxygen atoms in total. The maximum absolute atomic E-state index is 13.1. The number of aliphatic hydroxyl groups excluding tert-OH is 1. The van der Waals surface area contributed by atoms with E-state index >= 15 is 0 Å². The molecular formula is C26H28FNO4S. The van der Waals surface area contributed by atoms with Crippen LogP contribution in [0.5, 0.6) is 0 Å². The fraction of sp³-hybridized carbons (Fsp3) is 0.231. The van der Waals surface area contributed by atoms with Gasteiger partial charge in [-0.15, -0.1) is 0 Å². The van der Waals surface area contributed by atoms with Gasteiger partial charge in [0.05, 0.1) is 11.5 Å². The summed E-state index contributed by atoms with van der Waals surface area (Å²) in [5, 5.41) is 13.3. The summed E-state index contributed by atoms with van der Waals surface area (Å²) >= 11 is 0. The second-order valence-electron chi connectivity index (χ2n) is 7.95. The van der Waals surface area contributed by atoms with E-state index in [0.717, 1.165) is 29.7 Å². The van der Waals surface area contributed by atoms with Gasteiger partial charge < -0.3 is 10.4 Å². The predicted octanol–water partition coefficient (Wildman–Crippen LogP) is 4.27. The van der Waals surface area contributed by atoms with Crippen LogP contribution < -0.4 is 5.32 Å². The van der Waals surface area contributed by atoms with Crippen LogP contribution in [0.25, 0.3) is 5.57 Å². The summed E-state index contributed by atoms with van der Waals surface area (Å²) in [5.41, 5.74) is 4.29. The van der Waals surface area contributed by atoms with Gasteiger partial charge in [-0.05, 0) is 54.3 Å². The highest BCUT2D eigenvalue weighted by Gasteiger charge is 2.28. The molecule has 0 bridgehead atoms. The highest BCUT2D eigenvalue weighted by atomic mass is 32.2. The molecular weight excluding hydrogens is 441 g/mol. The second-order valence-corrected chi connectivity index (χ2v) is 9.37.